The van der Waals surface area contributed by atoms with Gasteiger partial charge in [-0.2, -0.15) is 0 Å². The Bertz CT molecular complexity index is 697. The van der Waals surface area contributed by atoms with Gasteiger partial charge in [0.1, 0.15) is 0 Å². The molecule has 2 aromatic rings. The summed E-state index contributed by atoms with van der Waals surface area (Å²) in [5.74, 6) is 0. The summed E-state index contributed by atoms with van der Waals surface area (Å²) in [7, 11) is -3.60. The van der Waals surface area contributed by atoms with Gasteiger partial charge >= 0.3 is 0 Å². The number of nitrogens with two attached hydrogens (primary N) is 1. The standard InChI is InChI=1S/C13H13BrN2O2S/c1-9-12(15)3-2-4-13(9)16-19(17,18)11-7-5-10(14)6-8-11/h2-8,16H,15H2,1H3. The van der Waals surface area contributed by atoms with Gasteiger partial charge in [0.15, 0.2) is 0 Å². The van der Waals surface area contributed by atoms with Gasteiger partial charge in [-0.1, -0.05) is 22.0 Å². The van der Waals surface area contributed by atoms with Crippen LogP contribution in [0.3, 0.4) is 0 Å². The molecule has 0 heterocycles. The molecule has 0 aliphatic rings. The average Bonchev–Trinajstić information content (AvgIpc) is 2.35. The number of benzene rings is 2. The van der Waals surface area contributed by atoms with Crippen molar-refractivity contribution >= 4 is 37.3 Å². The molecule has 4 nitrogen and oxygen atoms in total. The molecule has 0 unspecified atom stereocenters. The fraction of sp³-hybridized carbons (Fsp3) is 0.0769. The molecule has 0 aromatic heterocycles. The number of nitrogen functional groups attached to an aromatic ring is 1. The Kier molecular flexibility index (Phi) is 3.82. The summed E-state index contributed by atoms with van der Waals surface area (Å²) in [5, 5.41) is 0. The number of anilines is 2. The number of rotatable bonds is 3. The van der Waals surface area contributed by atoms with Crippen LogP contribution in [0.2, 0.25) is 0 Å². The van der Waals surface area contributed by atoms with E-state index in [1.807, 2.05) is 0 Å². The van der Waals surface area contributed by atoms with E-state index in [2.05, 4.69) is 20.7 Å². The quantitative estimate of drug-likeness (QED) is 0.843. The van der Waals surface area contributed by atoms with Gasteiger partial charge in [0, 0.05) is 10.2 Å². The molecule has 0 radical (unpaired) electrons. The zero-order chi connectivity index (χ0) is 14.0. The van der Waals surface area contributed by atoms with E-state index in [0.29, 0.717) is 16.9 Å². The number of hydrogen-bond donors (Lipinski definition) is 2. The second kappa shape index (κ2) is 5.22. The fourth-order valence-electron chi connectivity index (χ4n) is 1.58. The van der Waals surface area contributed by atoms with Crippen molar-refractivity contribution in [2.45, 2.75) is 11.8 Å². The number of hydrogen-bond acceptors (Lipinski definition) is 3. The van der Waals surface area contributed by atoms with Crippen molar-refractivity contribution in [2.24, 2.45) is 0 Å². The van der Waals surface area contributed by atoms with Crippen LogP contribution < -0.4 is 10.5 Å². The molecule has 0 spiro atoms. The molecule has 6 heteroatoms. The Morgan fingerprint density at radius 3 is 2.37 bits per heavy atom. The monoisotopic (exact) mass is 340 g/mol. The van der Waals surface area contributed by atoms with Crippen LogP contribution in [-0.4, -0.2) is 8.42 Å². The van der Waals surface area contributed by atoms with Crippen molar-refractivity contribution in [1.82, 2.24) is 0 Å². The molecule has 2 aromatic carbocycles. The van der Waals surface area contributed by atoms with Crippen LogP contribution in [0.15, 0.2) is 51.8 Å². The predicted molar refractivity (Wildman–Crippen MR) is 80.5 cm³/mol. The van der Waals surface area contributed by atoms with E-state index in [9.17, 15) is 8.42 Å². The molecule has 0 atom stereocenters. The van der Waals surface area contributed by atoms with Crippen LogP contribution in [-0.2, 0) is 10.0 Å². The minimum absolute atomic E-state index is 0.206. The first kappa shape index (κ1) is 13.9. The van der Waals surface area contributed by atoms with Gasteiger partial charge in [0.25, 0.3) is 10.0 Å². The third-order valence-electron chi connectivity index (χ3n) is 2.74. The summed E-state index contributed by atoms with van der Waals surface area (Å²) in [6.45, 7) is 1.77. The molecule has 0 amide bonds. The van der Waals surface area contributed by atoms with Crippen LogP contribution in [0.5, 0.6) is 0 Å². The van der Waals surface area contributed by atoms with Crippen molar-refractivity contribution in [2.75, 3.05) is 10.5 Å². The van der Waals surface area contributed by atoms with Crippen LogP contribution in [0.4, 0.5) is 11.4 Å². The topological polar surface area (TPSA) is 72.2 Å². The maximum Gasteiger partial charge on any atom is 0.261 e. The van der Waals surface area contributed by atoms with Crippen molar-refractivity contribution in [3.63, 3.8) is 0 Å². The number of nitrogens with one attached hydrogen (secondary N) is 1. The molecule has 2 rings (SSSR count). The molecule has 0 fully saturated rings. The summed E-state index contributed by atoms with van der Waals surface area (Å²) in [4.78, 5) is 0.206. The molecular weight excluding hydrogens is 328 g/mol. The zero-order valence-electron chi connectivity index (χ0n) is 10.2. The lowest BCUT2D eigenvalue weighted by Crippen LogP contribution is -2.14. The molecule has 0 saturated heterocycles. The maximum atomic E-state index is 12.2. The highest BCUT2D eigenvalue weighted by Crippen LogP contribution is 2.24. The van der Waals surface area contributed by atoms with Gasteiger partial charge in [-0.15, -0.1) is 0 Å². The van der Waals surface area contributed by atoms with E-state index < -0.39 is 10.0 Å². The number of halogens is 1. The molecular formula is C13H13BrN2O2S. The first-order valence-corrected chi connectivity index (χ1v) is 7.81. The SMILES string of the molecule is Cc1c(N)cccc1NS(=O)(=O)c1ccc(Br)cc1. The Morgan fingerprint density at radius 2 is 1.74 bits per heavy atom. The minimum Gasteiger partial charge on any atom is -0.398 e. The summed E-state index contributed by atoms with van der Waals surface area (Å²) >= 11 is 3.27. The lowest BCUT2D eigenvalue weighted by Gasteiger charge is -2.11. The molecule has 19 heavy (non-hydrogen) atoms. The first-order valence-electron chi connectivity index (χ1n) is 5.53. The summed E-state index contributed by atoms with van der Waals surface area (Å²) < 4.78 is 27.8. The van der Waals surface area contributed by atoms with Gasteiger partial charge in [-0.25, -0.2) is 8.42 Å². The second-order valence-corrected chi connectivity index (χ2v) is 6.68. The summed E-state index contributed by atoms with van der Waals surface area (Å²) in [6.07, 6.45) is 0. The van der Waals surface area contributed by atoms with E-state index in [1.54, 1.807) is 37.3 Å². The van der Waals surface area contributed by atoms with Gasteiger partial charge in [0.05, 0.1) is 10.6 Å². The smallest absolute Gasteiger partial charge is 0.261 e. The normalized spacial score (nSPS) is 11.3. The molecule has 0 aliphatic heterocycles. The number of sulfonamides is 1. The predicted octanol–water partition coefficient (Wildman–Crippen LogP) is 3.14. The van der Waals surface area contributed by atoms with Crippen LogP contribution in [0.1, 0.15) is 5.56 Å². The van der Waals surface area contributed by atoms with Gasteiger partial charge in [-0.05, 0) is 48.9 Å². The maximum absolute atomic E-state index is 12.2. The van der Waals surface area contributed by atoms with E-state index in [-0.39, 0.29) is 4.90 Å². The Balaban J connectivity index is 2.36. The molecule has 0 bridgehead atoms. The second-order valence-electron chi connectivity index (χ2n) is 4.08. The lowest BCUT2D eigenvalue weighted by molar-refractivity contribution is 0.601. The van der Waals surface area contributed by atoms with Gasteiger partial charge in [0.2, 0.25) is 0 Å². The van der Waals surface area contributed by atoms with E-state index in [1.165, 1.54) is 12.1 Å². The zero-order valence-corrected chi connectivity index (χ0v) is 12.6. The van der Waals surface area contributed by atoms with E-state index in [4.69, 9.17) is 5.73 Å². The Hall–Kier alpha value is -1.53. The van der Waals surface area contributed by atoms with Crippen molar-refractivity contribution < 1.29 is 8.42 Å². The molecule has 0 aliphatic carbocycles. The average molecular weight is 341 g/mol. The first-order chi connectivity index (χ1) is 8.90. The lowest BCUT2D eigenvalue weighted by atomic mass is 10.2. The summed E-state index contributed by atoms with van der Waals surface area (Å²) in [6, 6.07) is 11.6. The van der Waals surface area contributed by atoms with Gasteiger partial charge < -0.3 is 5.73 Å². The van der Waals surface area contributed by atoms with Crippen LogP contribution in [0.25, 0.3) is 0 Å². The Morgan fingerprint density at radius 1 is 1.11 bits per heavy atom. The van der Waals surface area contributed by atoms with E-state index in [0.717, 1.165) is 4.47 Å². The largest absolute Gasteiger partial charge is 0.398 e. The molecule has 100 valence electrons. The molecule has 3 N–H and O–H groups in total. The van der Waals surface area contributed by atoms with Crippen molar-refractivity contribution in [3.05, 3.63) is 52.5 Å². The minimum atomic E-state index is -3.60. The van der Waals surface area contributed by atoms with Crippen LogP contribution >= 0.6 is 15.9 Å². The third-order valence-corrected chi connectivity index (χ3v) is 4.65. The van der Waals surface area contributed by atoms with Gasteiger partial charge in [-0.3, -0.25) is 4.72 Å². The summed E-state index contributed by atoms with van der Waals surface area (Å²) in [5.41, 5.74) is 7.51. The molecule has 0 saturated carbocycles. The highest BCUT2D eigenvalue weighted by Gasteiger charge is 2.15. The fourth-order valence-corrected chi connectivity index (χ4v) is 2.97. The van der Waals surface area contributed by atoms with Crippen molar-refractivity contribution in [3.8, 4) is 0 Å². The van der Waals surface area contributed by atoms with Crippen molar-refractivity contribution in [1.29, 1.82) is 0 Å². The Labute approximate surface area is 120 Å². The third kappa shape index (κ3) is 3.08. The highest BCUT2D eigenvalue weighted by molar-refractivity contribution is 9.10. The van der Waals surface area contributed by atoms with Crippen LogP contribution in [0, 0.1) is 6.92 Å². The highest BCUT2D eigenvalue weighted by atomic mass is 79.9. The van der Waals surface area contributed by atoms with E-state index >= 15 is 0 Å².